The molecule has 0 bridgehead atoms. The molecule has 1 aliphatic rings. The Balaban J connectivity index is 1.85. The lowest BCUT2D eigenvalue weighted by Crippen LogP contribution is -2.40. The molecule has 2 heterocycles. The van der Waals surface area contributed by atoms with E-state index in [0.29, 0.717) is 31.9 Å². The summed E-state index contributed by atoms with van der Waals surface area (Å²) in [6.45, 7) is 4.84. The fourth-order valence-electron chi connectivity index (χ4n) is 3.95. The fraction of sp³-hybridized carbons (Fsp3) is 0.259. The van der Waals surface area contributed by atoms with Crippen LogP contribution in [0.1, 0.15) is 37.9 Å². The summed E-state index contributed by atoms with van der Waals surface area (Å²) >= 11 is 2.83. The highest BCUT2D eigenvalue weighted by atomic mass is 32.2. The quantitative estimate of drug-likeness (QED) is 0.346. The minimum absolute atomic E-state index is 0.290. The summed E-state index contributed by atoms with van der Waals surface area (Å²) < 4.78 is 12.8. The Kier molecular flexibility index (Phi) is 7.99. The lowest BCUT2D eigenvalue weighted by atomic mass is 9.96. The predicted molar refractivity (Wildman–Crippen MR) is 143 cm³/mol. The standard InChI is InChI=1S/C27H26N2O6S2/c1-15(2)35-26(33)23-16(3)28-27-29(24(23)18-8-10-20(36-4)11-9-18)25(32)21(37-27)13-17-6-5-7-19(12-17)34-14-22(30)31/h5-13,15,24H,14H2,1-4H3,(H,30,31)/b21-13-/t24-/m0/s1. The molecular formula is C27H26N2O6S2. The first-order chi connectivity index (χ1) is 17.7. The van der Waals surface area contributed by atoms with Crippen molar-refractivity contribution in [3.8, 4) is 5.75 Å². The Labute approximate surface area is 221 Å². The van der Waals surface area contributed by atoms with Gasteiger partial charge in [0.05, 0.1) is 27.9 Å². The van der Waals surface area contributed by atoms with E-state index in [-0.39, 0.29) is 11.7 Å². The van der Waals surface area contributed by atoms with E-state index >= 15 is 0 Å². The molecule has 0 unspecified atom stereocenters. The molecule has 192 valence electrons. The molecule has 1 N–H and O–H groups in total. The van der Waals surface area contributed by atoms with Crippen molar-refractivity contribution >= 4 is 41.1 Å². The van der Waals surface area contributed by atoms with Gasteiger partial charge in [-0.25, -0.2) is 14.6 Å². The maximum absolute atomic E-state index is 13.7. The van der Waals surface area contributed by atoms with E-state index in [1.165, 1.54) is 11.3 Å². The van der Waals surface area contributed by atoms with Gasteiger partial charge in [-0.1, -0.05) is 35.6 Å². The molecule has 2 aromatic carbocycles. The van der Waals surface area contributed by atoms with Gasteiger partial charge in [-0.05, 0) is 68.5 Å². The summed E-state index contributed by atoms with van der Waals surface area (Å²) in [5.74, 6) is -1.20. The number of nitrogens with zero attached hydrogens (tertiary/aromatic N) is 2. The zero-order chi connectivity index (χ0) is 26.7. The van der Waals surface area contributed by atoms with Crippen molar-refractivity contribution in [2.75, 3.05) is 12.9 Å². The zero-order valence-electron chi connectivity index (χ0n) is 20.8. The molecule has 1 atom stereocenters. The second-order valence-electron chi connectivity index (χ2n) is 8.56. The van der Waals surface area contributed by atoms with Crippen LogP contribution in [0.2, 0.25) is 0 Å². The van der Waals surface area contributed by atoms with Gasteiger partial charge < -0.3 is 14.6 Å². The molecule has 4 rings (SSSR count). The van der Waals surface area contributed by atoms with E-state index < -0.39 is 24.6 Å². The number of thiazole rings is 1. The van der Waals surface area contributed by atoms with Crippen LogP contribution in [0, 0.1) is 0 Å². The molecule has 0 spiro atoms. The number of aliphatic carboxylic acids is 1. The number of aromatic nitrogens is 1. The molecule has 10 heteroatoms. The van der Waals surface area contributed by atoms with Crippen LogP contribution in [0.25, 0.3) is 6.08 Å². The number of carboxylic acid groups (broad SMARTS) is 1. The first kappa shape index (κ1) is 26.4. The number of hydrogen-bond donors (Lipinski definition) is 1. The van der Waals surface area contributed by atoms with Gasteiger partial charge in [0.25, 0.3) is 5.56 Å². The molecule has 0 fully saturated rings. The summed E-state index contributed by atoms with van der Waals surface area (Å²) in [4.78, 5) is 43.9. The van der Waals surface area contributed by atoms with E-state index in [1.54, 1.807) is 67.4 Å². The second-order valence-corrected chi connectivity index (χ2v) is 10.5. The number of carbonyl (C=O) groups excluding carboxylic acids is 1. The van der Waals surface area contributed by atoms with Crippen molar-refractivity contribution in [3.05, 3.63) is 90.6 Å². The van der Waals surface area contributed by atoms with Crippen molar-refractivity contribution < 1.29 is 24.2 Å². The van der Waals surface area contributed by atoms with Gasteiger partial charge in [0.15, 0.2) is 11.4 Å². The highest BCUT2D eigenvalue weighted by Gasteiger charge is 2.33. The van der Waals surface area contributed by atoms with Crippen molar-refractivity contribution in [1.82, 2.24) is 4.57 Å². The van der Waals surface area contributed by atoms with Gasteiger partial charge in [-0.3, -0.25) is 9.36 Å². The lowest BCUT2D eigenvalue weighted by Gasteiger charge is -2.25. The molecule has 8 nitrogen and oxygen atoms in total. The predicted octanol–water partition coefficient (Wildman–Crippen LogP) is 3.37. The van der Waals surface area contributed by atoms with Crippen LogP contribution in [-0.4, -0.2) is 40.6 Å². The SMILES string of the molecule is CSc1ccc([C@H]2C(C(=O)OC(C)C)=C(C)N=c3s/c(=C\c4cccc(OCC(=O)O)c4)c(=O)n32)cc1. The summed E-state index contributed by atoms with van der Waals surface area (Å²) in [7, 11) is 0. The molecule has 0 amide bonds. The van der Waals surface area contributed by atoms with Crippen LogP contribution in [0.5, 0.6) is 5.75 Å². The topological polar surface area (TPSA) is 107 Å². The largest absolute Gasteiger partial charge is 0.482 e. The molecule has 0 saturated heterocycles. The maximum atomic E-state index is 13.7. The van der Waals surface area contributed by atoms with E-state index in [2.05, 4.69) is 4.99 Å². The molecule has 0 radical (unpaired) electrons. The molecule has 0 saturated carbocycles. The van der Waals surface area contributed by atoms with E-state index in [1.807, 2.05) is 30.5 Å². The van der Waals surface area contributed by atoms with Crippen LogP contribution in [0.4, 0.5) is 0 Å². The third-order valence-electron chi connectivity index (χ3n) is 5.53. The number of thioether (sulfide) groups is 1. The van der Waals surface area contributed by atoms with Crippen molar-refractivity contribution in [2.24, 2.45) is 4.99 Å². The normalized spacial score (nSPS) is 15.4. The number of rotatable bonds is 8. The minimum atomic E-state index is -1.08. The van der Waals surface area contributed by atoms with Crippen LogP contribution in [0.15, 0.2) is 74.5 Å². The number of ether oxygens (including phenoxy) is 2. The van der Waals surface area contributed by atoms with Gasteiger partial charge in [-0.2, -0.15) is 0 Å². The maximum Gasteiger partial charge on any atom is 0.341 e. The van der Waals surface area contributed by atoms with Crippen LogP contribution in [0.3, 0.4) is 0 Å². The highest BCUT2D eigenvalue weighted by molar-refractivity contribution is 7.98. The highest BCUT2D eigenvalue weighted by Crippen LogP contribution is 2.32. The number of esters is 1. The molecule has 0 aliphatic carbocycles. The average molecular weight is 539 g/mol. The van der Waals surface area contributed by atoms with E-state index in [4.69, 9.17) is 14.6 Å². The van der Waals surface area contributed by atoms with Gasteiger partial charge in [-0.15, -0.1) is 11.8 Å². The van der Waals surface area contributed by atoms with Crippen molar-refractivity contribution in [3.63, 3.8) is 0 Å². The Morgan fingerprint density at radius 1 is 1.22 bits per heavy atom. The Morgan fingerprint density at radius 3 is 2.59 bits per heavy atom. The fourth-order valence-corrected chi connectivity index (χ4v) is 5.41. The molecule has 1 aliphatic heterocycles. The summed E-state index contributed by atoms with van der Waals surface area (Å²) in [5, 5.41) is 8.86. The summed E-state index contributed by atoms with van der Waals surface area (Å²) in [6.07, 6.45) is 3.36. The summed E-state index contributed by atoms with van der Waals surface area (Å²) in [5.41, 5.74) is 1.99. The number of allylic oxidation sites excluding steroid dienone is 1. The third kappa shape index (κ3) is 5.86. The first-order valence-corrected chi connectivity index (χ1v) is 13.5. The number of fused-ring (bicyclic) bond motifs is 1. The number of carbonyl (C=O) groups is 2. The van der Waals surface area contributed by atoms with Gasteiger partial charge >= 0.3 is 11.9 Å². The molecular weight excluding hydrogens is 512 g/mol. The van der Waals surface area contributed by atoms with Crippen LogP contribution >= 0.6 is 23.1 Å². The Bertz CT molecular complexity index is 1550. The van der Waals surface area contributed by atoms with E-state index in [0.717, 1.165) is 10.5 Å². The van der Waals surface area contributed by atoms with E-state index in [9.17, 15) is 14.4 Å². The van der Waals surface area contributed by atoms with Crippen LogP contribution in [-0.2, 0) is 14.3 Å². The summed E-state index contributed by atoms with van der Waals surface area (Å²) in [6, 6.07) is 13.9. The van der Waals surface area contributed by atoms with Gasteiger partial charge in [0, 0.05) is 4.90 Å². The van der Waals surface area contributed by atoms with Crippen LogP contribution < -0.4 is 19.6 Å². The lowest BCUT2D eigenvalue weighted by molar-refractivity contribution is -0.143. The minimum Gasteiger partial charge on any atom is -0.482 e. The Morgan fingerprint density at radius 2 is 1.95 bits per heavy atom. The second kappa shape index (κ2) is 11.2. The molecule has 1 aromatic heterocycles. The van der Waals surface area contributed by atoms with Crippen molar-refractivity contribution in [2.45, 2.75) is 37.8 Å². The number of hydrogen-bond acceptors (Lipinski definition) is 8. The molecule has 37 heavy (non-hydrogen) atoms. The third-order valence-corrected chi connectivity index (χ3v) is 7.26. The van der Waals surface area contributed by atoms with Gasteiger partial charge in [0.2, 0.25) is 0 Å². The molecule has 3 aromatic rings. The monoisotopic (exact) mass is 538 g/mol. The van der Waals surface area contributed by atoms with Gasteiger partial charge in [0.1, 0.15) is 5.75 Å². The average Bonchev–Trinajstić information content (AvgIpc) is 3.16. The number of carboxylic acids is 1. The number of benzene rings is 2. The smallest absolute Gasteiger partial charge is 0.341 e. The first-order valence-electron chi connectivity index (χ1n) is 11.5. The Hall–Kier alpha value is -3.63. The zero-order valence-corrected chi connectivity index (χ0v) is 22.4. The van der Waals surface area contributed by atoms with Crippen molar-refractivity contribution in [1.29, 1.82) is 0 Å².